The van der Waals surface area contributed by atoms with Crippen LogP contribution < -0.4 is 10.0 Å². The van der Waals surface area contributed by atoms with Crippen LogP contribution in [0.4, 0.5) is 5.69 Å². The smallest absolute Gasteiger partial charge is 0.338 e. The summed E-state index contributed by atoms with van der Waals surface area (Å²) in [7, 11) is -2.45. The molecule has 10 heteroatoms. The van der Waals surface area contributed by atoms with E-state index in [1.807, 2.05) is 0 Å². The number of amides is 1. The Kier molecular flexibility index (Phi) is 6.60. The highest BCUT2D eigenvalue weighted by atomic mass is 35.5. The Morgan fingerprint density at radius 2 is 1.69 bits per heavy atom. The van der Waals surface area contributed by atoms with Crippen molar-refractivity contribution in [2.75, 3.05) is 19.0 Å². The van der Waals surface area contributed by atoms with E-state index >= 15 is 0 Å². The fourth-order valence-electron chi connectivity index (χ4n) is 1.92. The first kappa shape index (κ1) is 20.2. The van der Waals surface area contributed by atoms with E-state index in [-0.39, 0.29) is 26.2 Å². The van der Waals surface area contributed by atoms with E-state index in [1.165, 1.54) is 25.2 Å². The highest BCUT2D eigenvalue weighted by Gasteiger charge is 2.16. The molecule has 0 bridgehead atoms. The van der Waals surface area contributed by atoms with Gasteiger partial charge in [-0.25, -0.2) is 17.9 Å². The number of hydrogen-bond donors (Lipinski definition) is 2. The summed E-state index contributed by atoms with van der Waals surface area (Å²) in [5.74, 6) is -1.49. The minimum absolute atomic E-state index is 0.00935. The van der Waals surface area contributed by atoms with Gasteiger partial charge in [0.2, 0.25) is 10.0 Å². The molecule has 2 aromatic rings. The lowest BCUT2D eigenvalue weighted by Gasteiger charge is -2.10. The summed E-state index contributed by atoms with van der Waals surface area (Å²) < 4.78 is 30.5. The highest BCUT2D eigenvalue weighted by Crippen LogP contribution is 2.29. The summed E-state index contributed by atoms with van der Waals surface area (Å²) in [6, 6.07) is 9.95. The van der Waals surface area contributed by atoms with E-state index in [2.05, 4.69) is 10.0 Å². The summed E-state index contributed by atoms with van der Waals surface area (Å²) in [5.41, 5.74) is 0.198. The van der Waals surface area contributed by atoms with E-state index in [0.717, 1.165) is 6.07 Å². The van der Waals surface area contributed by atoms with Gasteiger partial charge in [-0.15, -0.1) is 0 Å². The predicted molar refractivity (Wildman–Crippen MR) is 98.1 cm³/mol. The summed E-state index contributed by atoms with van der Waals surface area (Å²) >= 11 is 11.9. The van der Waals surface area contributed by atoms with Crippen LogP contribution in [0.3, 0.4) is 0 Å². The number of carbonyl (C=O) groups is 2. The SMILES string of the molecule is CNS(=O)(=O)c1cccc(C(=O)OCC(=O)Nc2c(Cl)cccc2Cl)c1. The lowest BCUT2D eigenvalue weighted by molar-refractivity contribution is -0.119. The van der Waals surface area contributed by atoms with E-state index < -0.39 is 28.5 Å². The quantitative estimate of drug-likeness (QED) is 0.704. The maximum Gasteiger partial charge on any atom is 0.338 e. The summed E-state index contributed by atoms with van der Waals surface area (Å²) in [5, 5.41) is 2.92. The largest absolute Gasteiger partial charge is 0.452 e. The molecule has 0 atom stereocenters. The van der Waals surface area contributed by atoms with E-state index in [0.29, 0.717) is 0 Å². The van der Waals surface area contributed by atoms with Crippen LogP contribution >= 0.6 is 23.2 Å². The molecular weight excluding hydrogens is 403 g/mol. The van der Waals surface area contributed by atoms with Gasteiger partial charge in [-0.05, 0) is 37.4 Å². The third-order valence-corrected chi connectivity index (χ3v) is 5.25. The van der Waals surface area contributed by atoms with Crippen LogP contribution in [0, 0.1) is 0 Å². The first-order valence-electron chi connectivity index (χ1n) is 7.19. The van der Waals surface area contributed by atoms with Crippen LogP contribution in [0.25, 0.3) is 0 Å². The van der Waals surface area contributed by atoms with Gasteiger partial charge in [0.1, 0.15) is 0 Å². The summed E-state index contributed by atoms with van der Waals surface area (Å²) in [6.07, 6.45) is 0. The molecule has 0 spiro atoms. The predicted octanol–water partition coefficient (Wildman–Crippen LogP) is 2.70. The standard InChI is InChI=1S/C16H14Cl2N2O5S/c1-19-26(23,24)11-5-2-4-10(8-11)16(22)25-9-14(21)20-15-12(17)6-3-7-13(15)18/h2-8,19H,9H2,1H3,(H,20,21). The van der Waals surface area contributed by atoms with E-state index in [1.54, 1.807) is 18.2 Å². The second-order valence-corrected chi connectivity index (χ2v) is 7.66. The average molecular weight is 417 g/mol. The van der Waals surface area contributed by atoms with Gasteiger partial charge in [0.05, 0.1) is 26.2 Å². The van der Waals surface area contributed by atoms with Crippen molar-refractivity contribution in [1.29, 1.82) is 0 Å². The molecule has 2 N–H and O–H groups in total. The molecule has 7 nitrogen and oxygen atoms in total. The van der Waals surface area contributed by atoms with Crippen molar-refractivity contribution in [2.45, 2.75) is 4.90 Å². The van der Waals surface area contributed by atoms with Crippen molar-refractivity contribution >= 4 is 50.8 Å². The molecule has 0 heterocycles. The van der Waals surface area contributed by atoms with Gasteiger partial charge in [-0.2, -0.15) is 0 Å². The first-order chi connectivity index (χ1) is 12.2. The summed E-state index contributed by atoms with van der Waals surface area (Å²) in [6.45, 7) is -0.594. The number of nitrogens with one attached hydrogen (secondary N) is 2. The van der Waals surface area contributed by atoms with Crippen molar-refractivity contribution < 1.29 is 22.7 Å². The highest BCUT2D eigenvalue weighted by molar-refractivity contribution is 7.89. The van der Waals surface area contributed by atoms with Gasteiger partial charge < -0.3 is 10.1 Å². The van der Waals surface area contributed by atoms with Crippen LogP contribution in [0.5, 0.6) is 0 Å². The zero-order valence-electron chi connectivity index (χ0n) is 13.5. The molecule has 0 aliphatic carbocycles. The van der Waals surface area contributed by atoms with Crippen molar-refractivity contribution in [3.8, 4) is 0 Å². The topological polar surface area (TPSA) is 102 Å². The Hall–Kier alpha value is -2.13. The van der Waals surface area contributed by atoms with Gasteiger partial charge in [0.15, 0.2) is 6.61 Å². The van der Waals surface area contributed by atoms with Crippen molar-refractivity contribution in [3.63, 3.8) is 0 Å². The molecular formula is C16H14Cl2N2O5S. The van der Waals surface area contributed by atoms with Crippen LogP contribution in [-0.4, -0.2) is 33.9 Å². The van der Waals surface area contributed by atoms with Gasteiger partial charge in [0, 0.05) is 0 Å². The zero-order valence-corrected chi connectivity index (χ0v) is 15.8. The number of rotatable bonds is 6. The van der Waals surface area contributed by atoms with E-state index in [4.69, 9.17) is 27.9 Å². The van der Waals surface area contributed by atoms with Crippen molar-refractivity contribution in [1.82, 2.24) is 4.72 Å². The Morgan fingerprint density at radius 3 is 2.31 bits per heavy atom. The maximum absolute atomic E-state index is 12.0. The Labute approximate surface area is 160 Å². The van der Waals surface area contributed by atoms with Gasteiger partial charge in [-0.3, -0.25) is 4.79 Å². The van der Waals surface area contributed by atoms with Gasteiger partial charge in [0.25, 0.3) is 5.91 Å². The third kappa shape index (κ3) is 4.95. The molecule has 2 aromatic carbocycles. The van der Waals surface area contributed by atoms with Crippen LogP contribution in [0.15, 0.2) is 47.4 Å². The van der Waals surface area contributed by atoms with Crippen molar-refractivity contribution in [3.05, 3.63) is 58.1 Å². The van der Waals surface area contributed by atoms with Crippen LogP contribution in [0.1, 0.15) is 10.4 Å². The molecule has 0 saturated carbocycles. The number of esters is 1. The minimum Gasteiger partial charge on any atom is -0.452 e. The molecule has 0 aliphatic heterocycles. The normalized spacial score (nSPS) is 11.0. The fraction of sp³-hybridized carbons (Fsp3) is 0.125. The molecule has 0 aromatic heterocycles. The number of sulfonamides is 1. The second-order valence-electron chi connectivity index (χ2n) is 4.96. The molecule has 0 saturated heterocycles. The second kappa shape index (κ2) is 8.50. The number of halogens is 2. The monoisotopic (exact) mass is 416 g/mol. The van der Waals surface area contributed by atoms with Crippen LogP contribution in [-0.2, 0) is 19.6 Å². The fourth-order valence-corrected chi connectivity index (χ4v) is 3.18. The zero-order chi connectivity index (χ0) is 19.3. The Balaban J connectivity index is 2.03. The molecule has 2 rings (SSSR count). The number of hydrogen-bond acceptors (Lipinski definition) is 5. The van der Waals surface area contributed by atoms with Crippen molar-refractivity contribution in [2.24, 2.45) is 0 Å². The molecule has 138 valence electrons. The number of benzene rings is 2. The lowest BCUT2D eigenvalue weighted by Crippen LogP contribution is -2.22. The average Bonchev–Trinajstić information content (AvgIpc) is 2.63. The van der Waals surface area contributed by atoms with Gasteiger partial charge >= 0.3 is 5.97 Å². The molecule has 0 aliphatic rings. The maximum atomic E-state index is 12.0. The number of anilines is 1. The number of para-hydroxylation sites is 1. The molecule has 0 radical (unpaired) electrons. The Bertz CT molecular complexity index is 927. The van der Waals surface area contributed by atoms with Crippen LogP contribution in [0.2, 0.25) is 10.0 Å². The third-order valence-electron chi connectivity index (χ3n) is 3.21. The number of ether oxygens (including phenoxy) is 1. The summed E-state index contributed by atoms with van der Waals surface area (Å²) in [4.78, 5) is 23.9. The van der Waals surface area contributed by atoms with Gasteiger partial charge in [-0.1, -0.05) is 35.3 Å². The molecule has 0 unspecified atom stereocenters. The molecule has 26 heavy (non-hydrogen) atoms. The minimum atomic E-state index is -3.70. The Morgan fingerprint density at radius 1 is 1.08 bits per heavy atom. The lowest BCUT2D eigenvalue weighted by atomic mass is 10.2. The molecule has 0 fully saturated rings. The van der Waals surface area contributed by atoms with E-state index in [9.17, 15) is 18.0 Å². The molecule has 1 amide bonds. The first-order valence-corrected chi connectivity index (χ1v) is 9.43. The number of carbonyl (C=O) groups excluding carboxylic acids is 2.